The van der Waals surface area contributed by atoms with Crippen LogP contribution in [0.5, 0.6) is 0 Å². The van der Waals surface area contributed by atoms with Crippen molar-refractivity contribution in [3.63, 3.8) is 0 Å². The number of unbranched alkanes of at least 4 members (excludes halogenated alkanes) is 1. The Morgan fingerprint density at radius 3 is 2.29 bits per heavy atom. The molecule has 0 spiro atoms. The van der Waals surface area contributed by atoms with E-state index in [0.717, 1.165) is 38.3 Å². The van der Waals surface area contributed by atoms with Crippen LogP contribution in [0.2, 0.25) is 0 Å². The molecule has 100 valence electrons. The maximum absolute atomic E-state index is 11.8. The van der Waals surface area contributed by atoms with E-state index in [4.69, 9.17) is 0 Å². The molecule has 17 heavy (non-hydrogen) atoms. The molecule has 2 saturated carbocycles. The van der Waals surface area contributed by atoms with E-state index < -0.39 is 10.0 Å². The minimum Gasteiger partial charge on any atom is -0.314 e. The first-order chi connectivity index (χ1) is 8.16. The monoisotopic (exact) mass is 260 g/mol. The zero-order chi connectivity index (χ0) is 12.1. The summed E-state index contributed by atoms with van der Waals surface area (Å²) < 4.78 is 26.3. The van der Waals surface area contributed by atoms with Crippen LogP contribution in [0.25, 0.3) is 0 Å². The first kappa shape index (κ1) is 13.3. The fraction of sp³-hybridized carbons (Fsp3) is 1.00. The number of sulfonamides is 1. The maximum Gasteiger partial charge on any atom is 0.211 e. The van der Waals surface area contributed by atoms with Crippen molar-refractivity contribution in [3.05, 3.63) is 0 Å². The lowest BCUT2D eigenvalue weighted by Gasteiger charge is -2.12. The van der Waals surface area contributed by atoms with Gasteiger partial charge in [-0.05, 0) is 45.1 Å². The highest BCUT2D eigenvalue weighted by Gasteiger charge is 2.21. The second kappa shape index (κ2) is 6.16. The molecule has 0 aromatic carbocycles. The fourth-order valence-electron chi connectivity index (χ4n) is 2.37. The van der Waals surface area contributed by atoms with Crippen LogP contribution in [0.1, 0.15) is 51.4 Å². The minimum absolute atomic E-state index is 0.213. The summed E-state index contributed by atoms with van der Waals surface area (Å²) in [7, 11) is -3.03. The van der Waals surface area contributed by atoms with Gasteiger partial charge in [0.25, 0.3) is 0 Å². The molecule has 2 aliphatic carbocycles. The molecular formula is C12H24N2O2S. The Labute approximate surface area is 105 Å². The molecule has 0 bridgehead atoms. The third-order valence-electron chi connectivity index (χ3n) is 3.55. The third-order valence-corrected chi connectivity index (χ3v) is 5.07. The molecule has 0 atom stereocenters. The van der Waals surface area contributed by atoms with Crippen LogP contribution in [0.4, 0.5) is 0 Å². The predicted molar refractivity (Wildman–Crippen MR) is 69.4 cm³/mol. The smallest absolute Gasteiger partial charge is 0.211 e. The molecule has 0 radical (unpaired) electrons. The molecule has 2 rings (SSSR count). The van der Waals surface area contributed by atoms with Gasteiger partial charge in [-0.15, -0.1) is 0 Å². The van der Waals surface area contributed by atoms with E-state index in [-0.39, 0.29) is 11.8 Å². The number of hydrogen-bond donors (Lipinski definition) is 2. The van der Waals surface area contributed by atoms with Gasteiger partial charge in [-0.1, -0.05) is 12.8 Å². The summed E-state index contributed by atoms with van der Waals surface area (Å²) in [6, 6.07) is 0.938. The maximum atomic E-state index is 11.8. The summed E-state index contributed by atoms with van der Waals surface area (Å²) in [5.41, 5.74) is 0. The van der Waals surface area contributed by atoms with Crippen LogP contribution in [-0.2, 0) is 10.0 Å². The molecule has 2 N–H and O–H groups in total. The van der Waals surface area contributed by atoms with Crippen molar-refractivity contribution in [2.45, 2.75) is 63.5 Å². The lowest BCUT2D eigenvalue weighted by Crippen LogP contribution is -2.34. The Hall–Kier alpha value is -0.130. The lowest BCUT2D eigenvalue weighted by atomic mass is 10.3. The molecule has 2 fully saturated rings. The van der Waals surface area contributed by atoms with E-state index in [1.165, 1.54) is 25.7 Å². The largest absolute Gasteiger partial charge is 0.314 e. The second-order valence-electron chi connectivity index (χ2n) is 5.35. The topological polar surface area (TPSA) is 58.2 Å². The van der Waals surface area contributed by atoms with Gasteiger partial charge >= 0.3 is 0 Å². The average molecular weight is 260 g/mol. The van der Waals surface area contributed by atoms with Gasteiger partial charge in [-0.2, -0.15) is 0 Å². The summed E-state index contributed by atoms with van der Waals surface area (Å²) in [6.45, 7) is 0.962. The van der Waals surface area contributed by atoms with E-state index >= 15 is 0 Å². The van der Waals surface area contributed by atoms with E-state index in [2.05, 4.69) is 10.0 Å². The standard InChI is InChI=1S/C12H24N2O2S/c15-17(16,14-12-5-1-2-6-12)10-4-3-9-13-11-7-8-11/h11-14H,1-10H2. The summed E-state index contributed by atoms with van der Waals surface area (Å²) in [5, 5.41) is 3.40. The average Bonchev–Trinajstić information content (AvgIpc) is 2.95. The summed E-state index contributed by atoms with van der Waals surface area (Å²) >= 11 is 0. The van der Waals surface area contributed by atoms with Crippen molar-refractivity contribution in [1.82, 2.24) is 10.0 Å². The predicted octanol–water partition coefficient (Wildman–Crippen LogP) is 1.38. The number of rotatable bonds is 8. The van der Waals surface area contributed by atoms with Crippen LogP contribution in [-0.4, -0.2) is 32.8 Å². The number of hydrogen-bond acceptors (Lipinski definition) is 3. The molecule has 0 aromatic rings. The van der Waals surface area contributed by atoms with Gasteiger partial charge in [0, 0.05) is 12.1 Å². The van der Waals surface area contributed by atoms with Crippen LogP contribution in [0, 0.1) is 0 Å². The zero-order valence-corrected chi connectivity index (χ0v) is 11.3. The van der Waals surface area contributed by atoms with Crippen molar-refractivity contribution < 1.29 is 8.42 Å². The van der Waals surface area contributed by atoms with Crippen molar-refractivity contribution in [3.8, 4) is 0 Å². The molecular weight excluding hydrogens is 236 g/mol. The molecule has 0 saturated heterocycles. The molecule has 4 nitrogen and oxygen atoms in total. The Balaban J connectivity index is 1.55. The van der Waals surface area contributed by atoms with Crippen LogP contribution < -0.4 is 10.0 Å². The van der Waals surface area contributed by atoms with Gasteiger partial charge in [0.2, 0.25) is 10.0 Å². The van der Waals surface area contributed by atoms with Gasteiger partial charge < -0.3 is 5.32 Å². The van der Waals surface area contributed by atoms with E-state index in [1.807, 2.05) is 0 Å². The van der Waals surface area contributed by atoms with Crippen molar-refractivity contribution >= 4 is 10.0 Å². The van der Waals surface area contributed by atoms with Gasteiger partial charge in [0.05, 0.1) is 5.75 Å². The number of nitrogens with one attached hydrogen (secondary N) is 2. The molecule has 2 aliphatic rings. The molecule has 5 heteroatoms. The molecule has 0 unspecified atom stereocenters. The van der Waals surface area contributed by atoms with E-state index in [9.17, 15) is 8.42 Å². The molecule has 0 aliphatic heterocycles. The van der Waals surface area contributed by atoms with E-state index in [0.29, 0.717) is 0 Å². The highest BCUT2D eigenvalue weighted by Crippen LogP contribution is 2.19. The van der Waals surface area contributed by atoms with Gasteiger partial charge in [0.15, 0.2) is 0 Å². The Bertz CT molecular complexity index is 319. The first-order valence-electron chi connectivity index (χ1n) is 6.89. The fourth-order valence-corrected chi connectivity index (χ4v) is 3.81. The first-order valence-corrected chi connectivity index (χ1v) is 8.54. The molecule has 0 heterocycles. The van der Waals surface area contributed by atoms with E-state index in [1.54, 1.807) is 0 Å². The third kappa shape index (κ3) is 5.36. The normalized spacial score (nSPS) is 22.1. The summed E-state index contributed by atoms with van der Waals surface area (Å²) in [6.07, 6.45) is 8.68. The molecule has 0 amide bonds. The quantitative estimate of drug-likeness (QED) is 0.648. The minimum atomic E-state index is -3.03. The SMILES string of the molecule is O=S(=O)(CCCCNC1CC1)NC1CCCC1. The highest BCUT2D eigenvalue weighted by atomic mass is 32.2. The Morgan fingerprint density at radius 2 is 1.65 bits per heavy atom. The summed E-state index contributed by atoms with van der Waals surface area (Å²) in [4.78, 5) is 0. The zero-order valence-electron chi connectivity index (χ0n) is 10.5. The highest BCUT2D eigenvalue weighted by molar-refractivity contribution is 7.89. The van der Waals surface area contributed by atoms with Gasteiger partial charge in [-0.25, -0.2) is 13.1 Å². The van der Waals surface area contributed by atoms with Crippen molar-refractivity contribution in [1.29, 1.82) is 0 Å². The Kier molecular flexibility index (Phi) is 4.82. The van der Waals surface area contributed by atoms with Crippen molar-refractivity contribution in [2.24, 2.45) is 0 Å². The lowest BCUT2D eigenvalue weighted by molar-refractivity contribution is 0.546. The van der Waals surface area contributed by atoms with Gasteiger partial charge in [-0.3, -0.25) is 0 Å². The summed E-state index contributed by atoms with van der Waals surface area (Å²) in [5.74, 6) is 0.288. The van der Waals surface area contributed by atoms with Crippen LogP contribution in [0.15, 0.2) is 0 Å². The van der Waals surface area contributed by atoms with Gasteiger partial charge in [0.1, 0.15) is 0 Å². The Morgan fingerprint density at radius 1 is 0.941 bits per heavy atom. The van der Waals surface area contributed by atoms with Crippen LogP contribution in [0.3, 0.4) is 0 Å². The van der Waals surface area contributed by atoms with Crippen molar-refractivity contribution in [2.75, 3.05) is 12.3 Å². The second-order valence-corrected chi connectivity index (χ2v) is 7.23. The molecule has 0 aromatic heterocycles. The van der Waals surface area contributed by atoms with Crippen LogP contribution >= 0.6 is 0 Å².